The molecule has 3 aromatic rings. The predicted molar refractivity (Wildman–Crippen MR) is 99.1 cm³/mol. The molecule has 6 nitrogen and oxygen atoms in total. The fourth-order valence-electron chi connectivity index (χ4n) is 2.95. The number of carbonyl (C=O) groups excluding carboxylic acids is 1. The number of rotatable bonds is 4. The van der Waals surface area contributed by atoms with E-state index in [9.17, 15) is 9.18 Å². The maximum absolute atomic E-state index is 13.0. The summed E-state index contributed by atoms with van der Waals surface area (Å²) >= 11 is 0. The summed E-state index contributed by atoms with van der Waals surface area (Å²) in [6.45, 7) is 2.05. The molecule has 1 aliphatic carbocycles. The molecule has 26 heavy (non-hydrogen) atoms. The molecule has 0 bridgehead atoms. The smallest absolute Gasteiger partial charge is 0.231 e. The summed E-state index contributed by atoms with van der Waals surface area (Å²) in [7, 11) is 3.92. The molecular weight excluding hydrogens is 333 g/mol. The van der Waals surface area contributed by atoms with Crippen LogP contribution in [0.25, 0.3) is 16.8 Å². The maximum Gasteiger partial charge on any atom is 0.231 e. The van der Waals surface area contributed by atoms with Gasteiger partial charge in [-0.1, -0.05) is 0 Å². The van der Waals surface area contributed by atoms with E-state index in [1.54, 1.807) is 6.20 Å². The molecule has 0 radical (unpaired) electrons. The van der Waals surface area contributed by atoms with Crippen molar-refractivity contribution in [2.45, 2.75) is 19.5 Å². The normalized spacial score (nSPS) is 18.8. The number of carbonyl (C=O) groups is 1. The number of pyridine rings is 2. The second-order valence-corrected chi connectivity index (χ2v) is 6.91. The Bertz CT molecular complexity index is 997. The van der Waals surface area contributed by atoms with E-state index in [4.69, 9.17) is 0 Å². The van der Waals surface area contributed by atoms with Gasteiger partial charge in [0.05, 0.1) is 12.1 Å². The number of imidazole rings is 1. The summed E-state index contributed by atoms with van der Waals surface area (Å²) in [5.74, 6) is 0.509. The van der Waals surface area contributed by atoms with Crippen molar-refractivity contribution in [2.75, 3.05) is 24.3 Å². The third-order valence-corrected chi connectivity index (χ3v) is 4.62. The van der Waals surface area contributed by atoms with Crippen LogP contribution in [0, 0.1) is 12.8 Å². The summed E-state index contributed by atoms with van der Waals surface area (Å²) < 4.78 is 14.8. The van der Waals surface area contributed by atoms with E-state index in [-0.39, 0.29) is 5.91 Å². The highest BCUT2D eigenvalue weighted by atomic mass is 19.1. The van der Waals surface area contributed by atoms with E-state index >= 15 is 0 Å². The van der Waals surface area contributed by atoms with Gasteiger partial charge in [-0.05, 0) is 37.1 Å². The van der Waals surface area contributed by atoms with Crippen molar-refractivity contribution >= 4 is 23.2 Å². The zero-order valence-electron chi connectivity index (χ0n) is 14.9. The zero-order valence-corrected chi connectivity index (χ0v) is 14.9. The summed E-state index contributed by atoms with van der Waals surface area (Å²) in [5, 5.41) is 2.69. The summed E-state index contributed by atoms with van der Waals surface area (Å²) in [6.07, 6.45) is 4.84. The molecule has 0 aliphatic heterocycles. The first-order valence-corrected chi connectivity index (χ1v) is 8.50. The van der Waals surface area contributed by atoms with Crippen molar-refractivity contribution in [3.8, 4) is 11.1 Å². The van der Waals surface area contributed by atoms with Gasteiger partial charge < -0.3 is 14.6 Å². The number of aryl methyl sites for hydroxylation is 1. The lowest BCUT2D eigenvalue weighted by molar-refractivity contribution is -0.117. The minimum atomic E-state index is -1.01. The number of anilines is 2. The first-order chi connectivity index (χ1) is 12.4. The monoisotopic (exact) mass is 353 g/mol. The quantitative estimate of drug-likeness (QED) is 0.783. The van der Waals surface area contributed by atoms with E-state index in [1.807, 2.05) is 54.0 Å². The Labute approximate surface area is 150 Å². The number of alkyl halides is 1. The lowest BCUT2D eigenvalue weighted by Crippen LogP contribution is -2.15. The number of fused-ring (bicyclic) bond motifs is 1. The number of nitrogens with one attached hydrogen (secondary N) is 1. The molecule has 1 amide bonds. The van der Waals surface area contributed by atoms with Gasteiger partial charge in [0.15, 0.2) is 5.82 Å². The van der Waals surface area contributed by atoms with Crippen LogP contribution in [0.4, 0.5) is 16.0 Å². The van der Waals surface area contributed by atoms with Gasteiger partial charge in [0.2, 0.25) is 5.91 Å². The molecule has 1 saturated carbocycles. The predicted octanol–water partition coefficient (Wildman–Crippen LogP) is 3.07. The molecule has 7 heteroatoms. The van der Waals surface area contributed by atoms with Gasteiger partial charge in [0, 0.05) is 37.6 Å². The molecular formula is C19H20FN5O. The average molecular weight is 353 g/mol. The molecule has 0 spiro atoms. The second kappa shape index (κ2) is 6.09. The van der Waals surface area contributed by atoms with Crippen molar-refractivity contribution < 1.29 is 9.18 Å². The number of aromatic nitrogens is 3. The van der Waals surface area contributed by atoms with Crippen molar-refractivity contribution in [1.29, 1.82) is 0 Å². The molecule has 1 N–H and O–H groups in total. The maximum atomic E-state index is 13.0. The Balaban J connectivity index is 1.62. The molecule has 0 aromatic carbocycles. The van der Waals surface area contributed by atoms with Crippen LogP contribution in [0.1, 0.15) is 12.0 Å². The van der Waals surface area contributed by atoms with Crippen LogP contribution in [0.3, 0.4) is 0 Å². The summed E-state index contributed by atoms with van der Waals surface area (Å²) in [5.41, 5.74) is 3.88. The van der Waals surface area contributed by atoms with Crippen molar-refractivity contribution in [2.24, 2.45) is 5.92 Å². The van der Waals surface area contributed by atoms with Crippen molar-refractivity contribution in [3.05, 3.63) is 42.4 Å². The van der Waals surface area contributed by atoms with Crippen LogP contribution in [0.5, 0.6) is 0 Å². The first-order valence-electron chi connectivity index (χ1n) is 8.50. The Kier molecular flexibility index (Phi) is 3.86. The van der Waals surface area contributed by atoms with E-state index in [2.05, 4.69) is 22.2 Å². The van der Waals surface area contributed by atoms with Crippen LogP contribution in [-0.4, -0.2) is 40.5 Å². The minimum Gasteiger partial charge on any atom is -0.363 e. The largest absolute Gasteiger partial charge is 0.363 e. The SMILES string of the molecule is Cc1cc(N(C)C)ncc1-c1ccc2nc(NC(=O)C3CC3F)cn2c1. The van der Waals surface area contributed by atoms with Crippen LogP contribution in [0.15, 0.2) is 36.8 Å². The van der Waals surface area contributed by atoms with E-state index in [1.165, 1.54) is 0 Å². The number of hydrogen-bond donors (Lipinski definition) is 1. The van der Waals surface area contributed by atoms with Gasteiger partial charge in [-0.15, -0.1) is 0 Å². The second-order valence-electron chi connectivity index (χ2n) is 6.91. The number of nitrogens with zero attached hydrogens (tertiary/aromatic N) is 4. The number of amides is 1. The van der Waals surface area contributed by atoms with Gasteiger partial charge in [0.25, 0.3) is 0 Å². The lowest BCUT2D eigenvalue weighted by atomic mass is 10.0. The Morgan fingerprint density at radius 1 is 1.35 bits per heavy atom. The van der Waals surface area contributed by atoms with E-state index in [0.29, 0.717) is 17.9 Å². The van der Waals surface area contributed by atoms with Crippen LogP contribution >= 0.6 is 0 Å². The molecule has 1 aliphatic rings. The third-order valence-electron chi connectivity index (χ3n) is 4.62. The fraction of sp³-hybridized carbons (Fsp3) is 0.316. The Morgan fingerprint density at radius 2 is 2.12 bits per heavy atom. The Morgan fingerprint density at radius 3 is 2.77 bits per heavy atom. The van der Waals surface area contributed by atoms with Crippen LogP contribution in [0.2, 0.25) is 0 Å². The number of halogens is 1. The van der Waals surface area contributed by atoms with Gasteiger partial charge >= 0.3 is 0 Å². The van der Waals surface area contributed by atoms with Crippen molar-refractivity contribution in [1.82, 2.24) is 14.4 Å². The van der Waals surface area contributed by atoms with Gasteiger partial charge in [-0.2, -0.15) is 0 Å². The van der Waals surface area contributed by atoms with Crippen LogP contribution < -0.4 is 10.2 Å². The molecule has 2 unspecified atom stereocenters. The molecule has 0 saturated heterocycles. The molecule has 4 rings (SSSR count). The van der Waals surface area contributed by atoms with Gasteiger partial charge in [-0.3, -0.25) is 4.79 Å². The third kappa shape index (κ3) is 3.00. The highest BCUT2D eigenvalue weighted by Crippen LogP contribution is 2.34. The topological polar surface area (TPSA) is 62.5 Å². The van der Waals surface area contributed by atoms with E-state index < -0.39 is 12.1 Å². The van der Waals surface area contributed by atoms with Crippen molar-refractivity contribution in [3.63, 3.8) is 0 Å². The fourth-order valence-corrected chi connectivity index (χ4v) is 2.95. The van der Waals surface area contributed by atoms with Gasteiger partial charge in [0.1, 0.15) is 17.6 Å². The summed E-state index contributed by atoms with van der Waals surface area (Å²) in [6, 6.07) is 5.91. The molecule has 3 heterocycles. The lowest BCUT2D eigenvalue weighted by Gasteiger charge is -2.14. The molecule has 2 atom stereocenters. The van der Waals surface area contributed by atoms with Crippen LogP contribution in [-0.2, 0) is 4.79 Å². The highest BCUT2D eigenvalue weighted by molar-refractivity contribution is 5.94. The summed E-state index contributed by atoms with van der Waals surface area (Å²) in [4.78, 5) is 22.7. The standard InChI is InChI=1S/C19H20FN5O/c1-11-6-18(24(2)3)21-8-14(11)12-4-5-17-22-16(10-25(17)9-12)23-19(26)13-7-15(13)20/h4-6,8-10,13,15H,7H2,1-3H3,(H,23,26). The first kappa shape index (κ1) is 16.5. The number of hydrogen-bond acceptors (Lipinski definition) is 4. The molecule has 1 fully saturated rings. The highest BCUT2D eigenvalue weighted by Gasteiger charge is 2.43. The van der Waals surface area contributed by atoms with E-state index in [0.717, 1.165) is 22.5 Å². The zero-order chi connectivity index (χ0) is 18.4. The molecule has 3 aromatic heterocycles. The van der Waals surface area contributed by atoms with Gasteiger partial charge in [-0.25, -0.2) is 14.4 Å². The Hall–Kier alpha value is -2.96. The molecule has 134 valence electrons. The average Bonchev–Trinajstić information content (AvgIpc) is 3.20. The minimum absolute atomic E-state index is 0.304.